The summed E-state index contributed by atoms with van der Waals surface area (Å²) >= 11 is 0. The number of hydrogen-bond donors (Lipinski definition) is 2. The van der Waals surface area contributed by atoms with Crippen LogP contribution >= 0.6 is 0 Å². The molecule has 182 valence electrons. The Balaban J connectivity index is 1.59. The molecule has 2 aromatic carbocycles. The van der Waals surface area contributed by atoms with E-state index in [0.717, 1.165) is 16.5 Å². The van der Waals surface area contributed by atoms with Crippen molar-refractivity contribution in [2.45, 2.75) is 45.8 Å². The van der Waals surface area contributed by atoms with Crippen LogP contribution in [0.1, 0.15) is 32.2 Å². The summed E-state index contributed by atoms with van der Waals surface area (Å²) in [6, 6.07) is 14.2. The van der Waals surface area contributed by atoms with E-state index in [9.17, 15) is 9.59 Å². The summed E-state index contributed by atoms with van der Waals surface area (Å²) in [6.45, 7) is 7.12. The van der Waals surface area contributed by atoms with Gasteiger partial charge in [0.1, 0.15) is 11.6 Å². The maximum absolute atomic E-state index is 13.4. The van der Waals surface area contributed by atoms with E-state index in [0.29, 0.717) is 17.2 Å². The van der Waals surface area contributed by atoms with Gasteiger partial charge in [-0.25, -0.2) is 4.79 Å². The summed E-state index contributed by atoms with van der Waals surface area (Å²) in [4.78, 5) is 26.0. The standard InChI is InChI=1S/C25H29N7O3/c1-16-28-29-30-32(16)19-10-8-9-18(14-19)26-23(33)21(27-24(34)35-25(2,3)4)13-17-15-31(5)22-12-7-6-11-20(17)22/h6-12,14-15,21H,13H2,1-5H3,(H,26,33)(H,27,34). The summed E-state index contributed by atoms with van der Waals surface area (Å²) in [6.07, 6.45) is 1.61. The SMILES string of the molecule is Cc1nnnn1-c1cccc(NC(=O)C(Cc2cn(C)c3ccccc23)NC(=O)OC(C)(C)C)c1. The number of carbonyl (C=O) groups excluding carboxylic acids is 2. The Morgan fingerprint density at radius 3 is 2.60 bits per heavy atom. The molecule has 2 heterocycles. The maximum atomic E-state index is 13.4. The largest absolute Gasteiger partial charge is 0.444 e. The number of rotatable bonds is 6. The van der Waals surface area contributed by atoms with Crippen molar-refractivity contribution < 1.29 is 14.3 Å². The van der Waals surface area contributed by atoms with Crippen LogP contribution in [0.4, 0.5) is 10.5 Å². The second-order valence-corrected chi connectivity index (χ2v) is 9.36. The molecule has 0 aliphatic heterocycles. The molecular formula is C25H29N7O3. The molecule has 4 rings (SSSR count). The van der Waals surface area contributed by atoms with Gasteiger partial charge in [0.25, 0.3) is 0 Å². The Bertz CT molecular complexity index is 1370. The molecule has 35 heavy (non-hydrogen) atoms. The quantitative estimate of drug-likeness (QED) is 0.441. The van der Waals surface area contributed by atoms with Gasteiger partial charge in [-0.1, -0.05) is 24.3 Å². The molecule has 0 saturated heterocycles. The van der Waals surface area contributed by atoms with Crippen LogP contribution in [0.25, 0.3) is 16.6 Å². The number of tetrazole rings is 1. The minimum absolute atomic E-state index is 0.290. The number of carbonyl (C=O) groups is 2. The van der Waals surface area contributed by atoms with E-state index >= 15 is 0 Å². The molecular weight excluding hydrogens is 446 g/mol. The summed E-state index contributed by atoms with van der Waals surface area (Å²) in [5.41, 5.74) is 2.55. The van der Waals surface area contributed by atoms with Crippen molar-refractivity contribution in [3.8, 4) is 5.69 Å². The molecule has 1 atom stereocenters. The van der Waals surface area contributed by atoms with Crippen molar-refractivity contribution >= 4 is 28.6 Å². The van der Waals surface area contributed by atoms with Gasteiger partial charge in [-0.05, 0) is 68.0 Å². The average Bonchev–Trinajstić information content (AvgIpc) is 3.35. The molecule has 0 aliphatic carbocycles. The molecule has 0 aliphatic rings. The van der Waals surface area contributed by atoms with Gasteiger partial charge in [-0.3, -0.25) is 4.79 Å². The van der Waals surface area contributed by atoms with E-state index < -0.39 is 17.7 Å². The van der Waals surface area contributed by atoms with E-state index in [2.05, 4.69) is 26.2 Å². The van der Waals surface area contributed by atoms with Gasteiger partial charge in [0.15, 0.2) is 5.82 Å². The minimum Gasteiger partial charge on any atom is -0.444 e. The first-order valence-electron chi connectivity index (χ1n) is 11.3. The van der Waals surface area contributed by atoms with E-state index in [4.69, 9.17) is 4.74 Å². The molecule has 0 radical (unpaired) electrons. The highest BCUT2D eigenvalue weighted by Gasteiger charge is 2.26. The molecule has 10 heteroatoms. The van der Waals surface area contributed by atoms with Crippen LogP contribution in [0.3, 0.4) is 0 Å². The monoisotopic (exact) mass is 475 g/mol. The van der Waals surface area contributed by atoms with Crippen LogP contribution < -0.4 is 10.6 Å². The number of nitrogens with zero attached hydrogens (tertiary/aromatic N) is 5. The second kappa shape index (κ2) is 9.57. The minimum atomic E-state index is -0.867. The number of benzene rings is 2. The zero-order chi connectivity index (χ0) is 25.2. The van der Waals surface area contributed by atoms with E-state index in [1.54, 1.807) is 50.6 Å². The van der Waals surface area contributed by atoms with Crippen molar-refractivity contribution in [1.29, 1.82) is 0 Å². The zero-order valence-corrected chi connectivity index (χ0v) is 20.4. The highest BCUT2D eigenvalue weighted by molar-refractivity contribution is 5.97. The van der Waals surface area contributed by atoms with Crippen molar-refractivity contribution in [2.24, 2.45) is 7.05 Å². The fourth-order valence-electron chi connectivity index (χ4n) is 3.88. The van der Waals surface area contributed by atoms with Gasteiger partial charge in [0.05, 0.1) is 5.69 Å². The number of nitrogens with one attached hydrogen (secondary N) is 2. The van der Waals surface area contributed by atoms with E-state index in [1.807, 2.05) is 48.1 Å². The van der Waals surface area contributed by atoms with Crippen LogP contribution in [0, 0.1) is 6.92 Å². The number of anilines is 1. The number of hydrogen-bond acceptors (Lipinski definition) is 6. The molecule has 0 spiro atoms. The first kappa shape index (κ1) is 23.9. The lowest BCUT2D eigenvalue weighted by Gasteiger charge is -2.23. The van der Waals surface area contributed by atoms with E-state index in [1.165, 1.54) is 0 Å². The number of fused-ring (bicyclic) bond motifs is 1. The lowest BCUT2D eigenvalue weighted by atomic mass is 10.0. The summed E-state index contributed by atoms with van der Waals surface area (Å²) in [5, 5.41) is 18.2. The molecule has 1 unspecified atom stereocenters. The Kier molecular flexibility index (Phi) is 6.54. The summed E-state index contributed by atoms with van der Waals surface area (Å²) < 4.78 is 9.00. The second-order valence-electron chi connectivity index (χ2n) is 9.36. The van der Waals surface area contributed by atoms with Gasteiger partial charge in [-0.15, -0.1) is 5.10 Å². The molecule has 0 fully saturated rings. The molecule has 2 amide bonds. The lowest BCUT2D eigenvalue weighted by Crippen LogP contribution is -2.47. The van der Waals surface area contributed by atoms with Crippen molar-refractivity contribution in [3.05, 3.63) is 66.1 Å². The van der Waals surface area contributed by atoms with Gasteiger partial charge >= 0.3 is 6.09 Å². The third-order valence-corrected chi connectivity index (χ3v) is 5.39. The number of para-hydroxylation sites is 1. The Morgan fingerprint density at radius 2 is 1.89 bits per heavy atom. The van der Waals surface area contributed by atoms with Crippen LogP contribution in [0.5, 0.6) is 0 Å². The fourth-order valence-corrected chi connectivity index (χ4v) is 3.88. The summed E-state index contributed by atoms with van der Waals surface area (Å²) in [5.74, 6) is 0.253. The highest BCUT2D eigenvalue weighted by atomic mass is 16.6. The zero-order valence-electron chi connectivity index (χ0n) is 20.4. The van der Waals surface area contributed by atoms with Crippen molar-refractivity contribution in [3.63, 3.8) is 0 Å². The number of amides is 2. The maximum Gasteiger partial charge on any atom is 0.408 e. The molecule has 0 saturated carbocycles. The number of ether oxygens (including phenoxy) is 1. The predicted molar refractivity (Wildman–Crippen MR) is 132 cm³/mol. The molecule has 10 nitrogen and oxygen atoms in total. The van der Waals surface area contributed by atoms with Gasteiger partial charge < -0.3 is 19.9 Å². The molecule has 4 aromatic rings. The number of aryl methyl sites for hydroxylation is 2. The van der Waals surface area contributed by atoms with E-state index in [-0.39, 0.29) is 12.3 Å². The van der Waals surface area contributed by atoms with Crippen LogP contribution in [-0.2, 0) is 23.0 Å². The first-order valence-corrected chi connectivity index (χ1v) is 11.3. The van der Waals surface area contributed by atoms with Crippen molar-refractivity contribution in [1.82, 2.24) is 30.1 Å². The van der Waals surface area contributed by atoms with Gasteiger partial charge in [-0.2, -0.15) is 4.68 Å². The lowest BCUT2D eigenvalue weighted by molar-refractivity contribution is -0.118. The Hall–Kier alpha value is -4.21. The smallest absolute Gasteiger partial charge is 0.408 e. The highest BCUT2D eigenvalue weighted by Crippen LogP contribution is 2.22. The van der Waals surface area contributed by atoms with Gasteiger partial charge in [0, 0.05) is 36.3 Å². The summed E-state index contributed by atoms with van der Waals surface area (Å²) in [7, 11) is 1.95. The number of aromatic nitrogens is 5. The van der Waals surface area contributed by atoms with Crippen LogP contribution in [-0.4, -0.2) is 48.4 Å². The first-order chi connectivity index (χ1) is 16.6. The Labute approximate surface area is 203 Å². The normalized spacial score (nSPS) is 12.4. The third kappa shape index (κ3) is 5.65. The van der Waals surface area contributed by atoms with Gasteiger partial charge in [0.2, 0.25) is 5.91 Å². The molecule has 0 bridgehead atoms. The van der Waals surface area contributed by atoms with Crippen molar-refractivity contribution in [2.75, 3.05) is 5.32 Å². The average molecular weight is 476 g/mol. The van der Waals surface area contributed by atoms with Crippen LogP contribution in [0.2, 0.25) is 0 Å². The topological polar surface area (TPSA) is 116 Å². The Morgan fingerprint density at radius 1 is 1.11 bits per heavy atom. The van der Waals surface area contributed by atoms with Crippen LogP contribution in [0.15, 0.2) is 54.7 Å². The predicted octanol–water partition coefficient (Wildman–Crippen LogP) is 3.54. The fraction of sp³-hybridized carbons (Fsp3) is 0.320. The molecule has 2 N–H and O–H groups in total. The molecule has 2 aromatic heterocycles. The number of alkyl carbamates (subject to hydrolysis) is 1. The third-order valence-electron chi connectivity index (χ3n) is 5.39.